The molecule has 2 rings (SSSR count). The van der Waals surface area contributed by atoms with E-state index in [1.165, 1.54) is 6.07 Å². The monoisotopic (exact) mass is 226 g/mol. The molecule has 0 unspecified atom stereocenters. The first-order valence-corrected chi connectivity index (χ1v) is 6.41. The molecule has 0 bridgehead atoms. The van der Waals surface area contributed by atoms with Crippen LogP contribution in [-0.4, -0.2) is 14.5 Å². The second-order valence-corrected chi connectivity index (χ2v) is 5.50. The highest BCUT2D eigenvalue weighted by Crippen LogP contribution is 2.27. The zero-order valence-corrected chi connectivity index (χ0v) is 9.34. The van der Waals surface area contributed by atoms with Gasteiger partial charge in [0.15, 0.2) is 0 Å². The van der Waals surface area contributed by atoms with E-state index in [-0.39, 0.29) is 4.90 Å². The summed E-state index contributed by atoms with van der Waals surface area (Å²) in [5.74, 6) is 0. The van der Waals surface area contributed by atoms with Gasteiger partial charge in [-0.1, -0.05) is 6.07 Å². The van der Waals surface area contributed by atoms with Crippen LogP contribution in [0.4, 0.5) is 5.69 Å². The molecule has 1 aliphatic carbocycles. The molecular weight excluding hydrogens is 212 g/mol. The highest BCUT2D eigenvalue weighted by Gasteiger charge is 2.22. The van der Waals surface area contributed by atoms with Gasteiger partial charge in [-0.3, -0.25) is 0 Å². The Kier molecular flexibility index (Phi) is 2.44. The minimum atomic E-state index is -3.60. The number of primary sulfonamides is 1. The van der Waals surface area contributed by atoms with Crippen LogP contribution in [0.25, 0.3) is 0 Å². The molecule has 82 valence electrons. The molecule has 4 nitrogen and oxygen atoms in total. The Hall–Kier alpha value is -1.07. The van der Waals surface area contributed by atoms with E-state index >= 15 is 0 Å². The van der Waals surface area contributed by atoms with Crippen molar-refractivity contribution in [2.75, 3.05) is 5.32 Å². The number of sulfonamides is 1. The van der Waals surface area contributed by atoms with E-state index in [2.05, 4.69) is 5.32 Å². The molecule has 0 amide bonds. The lowest BCUT2D eigenvalue weighted by molar-refractivity contribution is 0.598. The van der Waals surface area contributed by atoms with Gasteiger partial charge in [0.2, 0.25) is 10.0 Å². The molecule has 15 heavy (non-hydrogen) atoms. The van der Waals surface area contributed by atoms with Crippen molar-refractivity contribution in [2.45, 2.75) is 30.7 Å². The van der Waals surface area contributed by atoms with Crippen LogP contribution >= 0.6 is 0 Å². The predicted octanol–water partition coefficient (Wildman–Crippen LogP) is 1.22. The average molecular weight is 226 g/mol. The van der Waals surface area contributed by atoms with Crippen LogP contribution in [0.2, 0.25) is 0 Å². The number of benzene rings is 1. The van der Waals surface area contributed by atoms with Crippen molar-refractivity contribution >= 4 is 15.7 Å². The van der Waals surface area contributed by atoms with Crippen LogP contribution in [0.3, 0.4) is 0 Å². The number of nitrogens with two attached hydrogens (primary N) is 1. The van der Waals surface area contributed by atoms with Gasteiger partial charge in [-0.25, -0.2) is 13.6 Å². The lowest BCUT2D eigenvalue weighted by Gasteiger charge is -2.09. The number of hydrogen-bond acceptors (Lipinski definition) is 3. The van der Waals surface area contributed by atoms with E-state index in [4.69, 9.17) is 5.14 Å². The second-order valence-electron chi connectivity index (χ2n) is 3.94. The van der Waals surface area contributed by atoms with Crippen LogP contribution in [0, 0.1) is 6.92 Å². The summed E-state index contributed by atoms with van der Waals surface area (Å²) in [4.78, 5) is 0.163. The standard InChI is InChI=1S/C10H14N2O2S/c1-7-2-5-9(15(11,13)14)6-10(7)12-8-3-4-8/h2,5-6,8,12H,3-4H2,1H3,(H2,11,13,14). The Labute approximate surface area is 89.5 Å². The van der Waals surface area contributed by atoms with Gasteiger partial charge in [-0.05, 0) is 37.5 Å². The lowest BCUT2D eigenvalue weighted by Crippen LogP contribution is -2.13. The Bertz CT molecular complexity index is 478. The van der Waals surface area contributed by atoms with Crippen molar-refractivity contribution in [2.24, 2.45) is 5.14 Å². The number of nitrogens with one attached hydrogen (secondary N) is 1. The molecular formula is C10H14N2O2S. The summed E-state index contributed by atoms with van der Waals surface area (Å²) < 4.78 is 22.3. The van der Waals surface area contributed by atoms with Crippen molar-refractivity contribution in [3.05, 3.63) is 23.8 Å². The third-order valence-electron chi connectivity index (χ3n) is 2.47. The average Bonchev–Trinajstić information content (AvgIpc) is 2.90. The zero-order valence-electron chi connectivity index (χ0n) is 8.53. The number of hydrogen-bond donors (Lipinski definition) is 2. The zero-order chi connectivity index (χ0) is 11.1. The molecule has 3 N–H and O–H groups in total. The molecule has 1 fully saturated rings. The van der Waals surface area contributed by atoms with Crippen molar-refractivity contribution in [3.8, 4) is 0 Å². The summed E-state index contributed by atoms with van der Waals surface area (Å²) in [6.07, 6.45) is 2.30. The lowest BCUT2D eigenvalue weighted by atomic mass is 10.2. The van der Waals surface area contributed by atoms with Crippen LogP contribution in [-0.2, 0) is 10.0 Å². The molecule has 0 heterocycles. The van der Waals surface area contributed by atoms with Crippen LogP contribution in [0.5, 0.6) is 0 Å². The number of anilines is 1. The number of rotatable bonds is 3. The van der Waals surface area contributed by atoms with E-state index in [0.29, 0.717) is 6.04 Å². The summed E-state index contributed by atoms with van der Waals surface area (Å²) in [7, 11) is -3.60. The normalized spacial score (nSPS) is 16.4. The van der Waals surface area contributed by atoms with Gasteiger partial charge >= 0.3 is 0 Å². The first-order chi connectivity index (χ1) is 6.97. The summed E-state index contributed by atoms with van der Waals surface area (Å²) in [5.41, 5.74) is 1.90. The first kappa shape index (κ1) is 10.4. The van der Waals surface area contributed by atoms with Crippen LogP contribution < -0.4 is 10.5 Å². The van der Waals surface area contributed by atoms with Gasteiger partial charge in [0, 0.05) is 11.7 Å². The molecule has 1 aromatic rings. The summed E-state index contributed by atoms with van der Waals surface area (Å²) in [6, 6.07) is 5.40. The fourth-order valence-corrected chi connectivity index (χ4v) is 1.92. The van der Waals surface area contributed by atoms with Gasteiger partial charge in [-0.2, -0.15) is 0 Å². The van der Waals surface area contributed by atoms with Crippen LogP contribution in [0.15, 0.2) is 23.1 Å². The van der Waals surface area contributed by atoms with Gasteiger partial charge in [0.1, 0.15) is 0 Å². The van der Waals surface area contributed by atoms with Crippen molar-refractivity contribution in [3.63, 3.8) is 0 Å². The van der Waals surface area contributed by atoms with E-state index < -0.39 is 10.0 Å². The van der Waals surface area contributed by atoms with Gasteiger partial charge in [0.05, 0.1) is 4.90 Å². The molecule has 0 spiro atoms. The topological polar surface area (TPSA) is 72.2 Å². The molecule has 0 aliphatic heterocycles. The van der Waals surface area contributed by atoms with Crippen molar-refractivity contribution < 1.29 is 8.42 Å². The molecule has 0 atom stereocenters. The fourth-order valence-electron chi connectivity index (χ4n) is 1.38. The molecule has 5 heteroatoms. The maximum absolute atomic E-state index is 11.1. The molecule has 0 aromatic heterocycles. The third kappa shape index (κ3) is 2.49. The van der Waals surface area contributed by atoms with Gasteiger partial charge < -0.3 is 5.32 Å². The largest absolute Gasteiger partial charge is 0.382 e. The Balaban J connectivity index is 2.35. The minimum absolute atomic E-state index is 0.163. The smallest absolute Gasteiger partial charge is 0.238 e. The molecule has 0 radical (unpaired) electrons. The predicted molar refractivity (Wildman–Crippen MR) is 59.2 cm³/mol. The Morgan fingerprint density at radius 1 is 1.40 bits per heavy atom. The maximum Gasteiger partial charge on any atom is 0.238 e. The van der Waals surface area contributed by atoms with Gasteiger partial charge in [-0.15, -0.1) is 0 Å². The summed E-state index contributed by atoms with van der Waals surface area (Å²) >= 11 is 0. The van der Waals surface area contributed by atoms with Gasteiger partial charge in [0.25, 0.3) is 0 Å². The molecule has 1 aliphatic rings. The van der Waals surface area contributed by atoms with Crippen molar-refractivity contribution in [1.29, 1.82) is 0 Å². The Morgan fingerprint density at radius 2 is 2.07 bits per heavy atom. The fraction of sp³-hybridized carbons (Fsp3) is 0.400. The van der Waals surface area contributed by atoms with E-state index in [0.717, 1.165) is 24.1 Å². The molecule has 1 aromatic carbocycles. The minimum Gasteiger partial charge on any atom is -0.382 e. The summed E-state index contributed by atoms with van der Waals surface area (Å²) in [5, 5.41) is 8.34. The second kappa shape index (κ2) is 3.50. The summed E-state index contributed by atoms with van der Waals surface area (Å²) in [6.45, 7) is 1.94. The molecule has 1 saturated carbocycles. The van der Waals surface area contributed by atoms with E-state index in [1.807, 2.05) is 6.92 Å². The first-order valence-electron chi connectivity index (χ1n) is 4.87. The Morgan fingerprint density at radius 3 is 2.60 bits per heavy atom. The molecule has 0 saturated heterocycles. The SMILES string of the molecule is Cc1ccc(S(N)(=O)=O)cc1NC1CC1. The highest BCUT2D eigenvalue weighted by molar-refractivity contribution is 7.89. The number of aryl methyl sites for hydroxylation is 1. The maximum atomic E-state index is 11.1. The van der Waals surface area contributed by atoms with E-state index in [9.17, 15) is 8.42 Å². The van der Waals surface area contributed by atoms with E-state index in [1.54, 1.807) is 12.1 Å². The van der Waals surface area contributed by atoms with Crippen molar-refractivity contribution in [1.82, 2.24) is 0 Å². The third-order valence-corrected chi connectivity index (χ3v) is 3.39. The quantitative estimate of drug-likeness (QED) is 0.814. The van der Waals surface area contributed by atoms with Crippen LogP contribution in [0.1, 0.15) is 18.4 Å². The highest BCUT2D eigenvalue weighted by atomic mass is 32.2.